The van der Waals surface area contributed by atoms with Gasteiger partial charge in [-0.3, -0.25) is 4.79 Å². The van der Waals surface area contributed by atoms with E-state index in [0.29, 0.717) is 0 Å². The molecule has 0 aromatic heterocycles. The second-order valence-electron chi connectivity index (χ2n) is 4.53. The minimum Gasteiger partial charge on any atom is -0.352 e. The molecule has 0 aliphatic carbocycles. The van der Waals surface area contributed by atoms with Gasteiger partial charge in [-0.1, -0.05) is 39.0 Å². The Labute approximate surface area is 124 Å². The van der Waals surface area contributed by atoms with E-state index in [1.165, 1.54) is 32.1 Å². The summed E-state index contributed by atoms with van der Waals surface area (Å²) in [5.74, 6) is 0.0416. The Bertz CT molecular complexity index is 348. The third kappa shape index (κ3) is 6.38. The second kappa shape index (κ2) is 9.36. The van der Waals surface area contributed by atoms with E-state index in [1.54, 1.807) is 0 Å². The average molecular weight is 359 g/mol. The summed E-state index contributed by atoms with van der Waals surface area (Å²) in [6.45, 7) is 3.01. The first-order chi connectivity index (χ1) is 8.74. The Morgan fingerprint density at radius 3 is 2.33 bits per heavy atom. The van der Waals surface area contributed by atoms with E-state index in [4.69, 9.17) is 0 Å². The number of halogens is 1. The molecule has 0 spiro atoms. The summed E-state index contributed by atoms with van der Waals surface area (Å²) >= 11 is 2.24. The Morgan fingerprint density at radius 2 is 1.67 bits per heavy atom. The van der Waals surface area contributed by atoms with Crippen LogP contribution in [0.5, 0.6) is 0 Å². The first-order valence-corrected chi connectivity index (χ1v) is 7.85. The van der Waals surface area contributed by atoms with Crippen molar-refractivity contribution in [3.63, 3.8) is 0 Å². The van der Waals surface area contributed by atoms with Crippen LogP contribution in [0.2, 0.25) is 0 Å². The summed E-state index contributed by atoms with van der Waals surface area (Å²) in [5, 5.41) is 2.97. The predicted molar refractivity (Wildman–Crippen MR) is 84.9 cm³/mol. The van der Waals surface area contributed by atoms with Crippen molar-refractivity contribution in [1.82, 2.24) is 5.32 Å². The summed E-state index contributed by atoms with van der Waals surface area (Å²) in [7, 11) is 0. The lowest BCUT2D eigenvalue weighted by atomic mass is 10.1. The summed E-state index contributed by atoms with van der Waals surface area (Å²) in [6, 6.07) is 7.66. The minimum atomic E-state index is 0.0416. The van der Waals surface area contributed by atoms with Gasteiger partial charge in [0.1, 0.15) is 0 Å². The molecule has 1 amide bonds. The minimum absolute atomic E-state index is 0.0416. The number of benzene rings is 1. The van der Waals surface area contributed by atoms with Gasteiger partial charge in [0.15, 0.2) is 0 Å². The molecule has 0 saturated heterocycles. The molecule has 3 heteroatoms. The second-order valence-corrected chi connectivity index (χ2v) is 5.78. The number of hydrogen-bond acceptors (Lipinski definition) is 1. The van der Waals surface area contributed by atoms with Gasteiger partial charge in [-0.25, -0.2) is 0 Å². The zero-order chi connectivity index (χ0) is 13.2. The van der Waals surface area contributed by atoms with Crippen molar-refractivity contribution in [2.75, 3.05) is 6.54 Å². The molecule has 0 heterocycles. The van der Waals surface area contributed by atoms with Crippen LogP contribution in [0.1, 0.15) is 55.8 Å². The van der Waals surface area contributed by atoms with Crippen molar-refractivity contribution in [3.8, 4) is 0 Å². The number of unbranched alkanes of at least 4 members (excludes halogenated alkanes) is 5. The highest BCUT2D eigenvalue weighted by Gasteiger charge is 2.03. The molecular weight excluding hydrogens is 337 g/mol. The van der Waals surface area contributed by atoms with E-state index in [1.807, 2.05) is 24.3 Å². The highest BCUT2D eigenvalue weighted by Crippen LogP contribution is 2.07. The Kier molecular flexibility index (Phi) is 8.05. The van der Waals surface area contributed by atoms with Crippen LogP contribution in [-0.4, -0.2) is 12.5 Å². The van der Waals surface area contributed by atoms with E-state index < -0.39 is 0 Å². The molecule has 0 aliphatic heterocycles. The average Bonchev–Trinajstić information content (AvgIpc) is 2.38. The number of amides is 1. The summed E-state index contributed by atoms with van der Waals surface area (Å²) in [4.78, 5) is 11.8. The van der Waals surface area contributed by atoms with Gasteiger partial charge in [0.05, 0.1) is 0 Å². The normalized spacial score (nSPS) is 10.3. The van der Waals surface area contributed by atoms with E-state index in [9.17, 15) is 4.79 Å². The quantitative estimate of drug-likeness (QED) is 0.542. The first-order valence-electron chi connectivity index (χ1n) is 6.78. The molecule has 1 N–H and O–H groups in total. The van der Waals surface area contributed by atoms with Crippen LogP contribution in [0, 0.1) is 3.57 Å². The van der Waals surface area contributed by atoms with Gasteiger partial charge in [0, 0.05) is 15.7 Å². The standard InChI is InChI=1S/C15H22INO/c1-2-3-4-5-6-7-12-17-15(18)13-8-10-14(16)11-9-13/h8-11H,2-7,12H2,1H3,(H,17,18). The van der Waals surface area contributed by atoms with Crippen molar-refractivity contribution >= 4 is 28.5 Å². The molecule has 0 aliphatic rings. The van der Waals surface area contributed by atoms with E-state index in [0.717, 1.165) is 22.1 Å². The molecular formula is C15H22INO. The van der Waals surface area contributed by atoms with Gasteiger partial charge >= 0.3 is 0 Å². The van der Waals surface area contributed by atoms with E-state index >= 15 is 0 Å². The molecule has 0 saturated carbocycles. The maximum atomic E-state index is 11.8. The fourth-order valence-electron chi connectivity index (χ4n) is 1.81. The lowest BCUT2D eigenvalue weighted by Crippen LogP contribution is -2.24. The summed E-state index contributed by atoms with van der Waals surface area (Å²) < 4.78 is 1.15. The highest BCUT2D eigenvalue weighted by atomic mass is 127. The summed E-state index contributed by atoms with van der Waals surface area (Å²) in [6.07, 6.45) is 7.51. The molecule has 100 valence electrons. The van der Waals surface area contributed by atoms with Crippen molar-refractivity contribution in [2.24, 2.45) is 0 Å². The summed E-state index contributed by atoms with van der Waals surface area (Å²) in [5.41, 5.74) is 0.751. The van der Waals surface area contributed by atoms with E-state index in [-0.39, 0.29) is 5.91 Å². The molecule has 0 unspecified atom stereocenters. The highest BCUT2D eigenvalue weighted by molar-refractivity contribution is 14.1. The predicted octanol–water partition coefficient (Wildman–Crippen LogP) is 4.38. The van der Waals surface area contributed by atoms with Crippen LogP contribution in [0.3, 0.4) is 0 Å². The fraction of sp³-hybridized carbons (Fsp3) is 0.533. The van der Waals surface area contributed by atoms with Gasteiger partial charge in [0.25, 0.3) is 5.91 Å². The van der Waals surface area contributed by atoms with Gasteiger partial charge < -0.3 is 5.32 Å². The Morgan fingerprint density at radius 1 is 1.06 bits per heavy atom. The lowest BCUT2D eigenvalue weighted by molar-refractivity contribution is 0.0953. The third-order valence-corrected chi connectivity index (χ3v) is 3.64. The van der Waals surface area contributed by atoms with Crippen molar-refractivity contribution in [3.05, 3.63) is 33.4 Å². The first kappa shape index (κ1) is 15.5. The molecule has 2 nitrogen and oxygen atoms in total. The molecule has 1 aromatic rings. The largest absolute Gasteiger partial charge is 0.352 e. The monoisotopic (exact) mass is 359 g/mol. The van der Waals surface area contributed by atoms with Crippen LogP contribution in [0.25, 0.3) is 0 Å². The fourth-order valence-corrected chi connectivity index (χ4v) is 2.17. The van der Waals surface area contributed by atoms with Crippen molar-refractivity contribution in [1.29, 1.82) is 0 Å². The van der Waals surface area contributed by atoms with Crippen LogP contribution in [-0.2, 0) is 0 Å². The lowest BCUT2D eigenvalue weighted by Gasteiger charge is -2.05. The third-order valence-electron chi connectivity index (χ3n) is 2.92. The Hall–Kier alpha value is -0.580. The van der Waals surface area contributed by atoms with Gasteiger partial charge in [0.2, 0.25) is 0 Å². The Balaban J connectivity index is 2.12. The SMILES string of the molecule is CCCCCCCCNC(=O)c1ccc(I)cc1. The van der Waals surface area contributed by atoms with Crippen LogP contribution in [0.4, 0.5) is 0 Å². The van der Waals surface area contributed by atoms with E-state index in [2.05, 4.69) is 34.8 Å². The number of carbonyl (C=O) groups excluding carboxylic acids is 1. The van der Waals surface area contributed by atoms with Crippen LogP contribution >= 0.6 is 22.6 Å². The number of carbonyl (C=O) groups is 1. The zero-order valence-corrected chi connectivity index (χ0v) is 13.2. The maximum absolute atomic E-state index is 11.8. The topological polar surface area (TPSA) is 29.1 Å². The molecule has 0 bridgehead atoms. The molecule has 1 aromatic carbocycles. The molecule has 1 rings (SSSR count). The number of nitrogens with one attached hydrogen (secondary N) is 1. The molecule has 0 fully saturated rings. The molecule has 0 radical (unpaired) electrons. The number of rotatable bonds is 8. The van der Waals surface area contributed by atoms with Gasteiger partial charge in [-0.05, 0) is 53.3 Å². The maximum Gasteiger partial charge on any atom is 0.251 e. The molecule has 18 heavy (non-hydrogen) atoms. The van der Waals surface area contributed by atoms with Crippen molar-refractivity contribution < 1.29 is 4.79 Å². The van der Waals surface area contributed by atoms with Crippen LogP contribution < -0.4 is 5.32 Å². The smallest absolute Gasteiger partial charge is 0.251 e. The molecule has 0 atom stereocenters. The number of hydrogen-bond donors (Lipinski definition) is 1. The zero-order valence-electron chi connectivity index (χ0n) is 11.0. The van der Waals surface area contributed by atoms with Crippen LogP contribution in [0.15, 0.2) is 24.3 Å². The van der Waals surface area contributed by atoms with Crippen molar-refractivity contribution in [2.45, 2.75) is 45.4 Å². The van der Waals surface area contributed by atoms with Gasteiger partial charge in [-0.2, -0.15) is 0 Å². The van der Waals surface area contributed by atoms with Gasteiger partial charge in [-0.15, -0.1) is 0 Å².